The van der Waals surface area contributed by atoms with E-state index in [4.69, 9.17) is 5.73 Å². The highest BCUT2D eigenvalue weighted by Crippen LogP contribution is 2.49. The van der Waals surface area contributed by atoms with Gasteiger partial charge in [0, 0.05) is 5.69 Å². The molecule has 1 aromatic rings. The lowest BCUT2D eigenvalue weighted by Gasteiger charge is -2.22. The van der Waals surface area contributed by atoms with Crippen molar-refractivity contribution in [1.29, 1.82) is 0 Å². The zero-order valence-corrected chi connectivity index (χ0v) is 11.7. The minimum atomic E-state index is -4.75. The van der Waals surface area contributed by atoms with Gasteiger partial charge in [0.2, 0.25) is 0 Å². The standard InChI is InChI=1S/C10H16NO5PS/c1-7(2)10(17(12,13)14)18(15,16)9-5-3-8(11)4-6-9/h3-7,10H,11H2,1-2H3,(H2,12,13,14). The summed E-state index contributed by atoms with van der Waals surface area (Å²) in [6.45, 7) is 2.91. The zero-order valence-electron chi connectivity index (χ0n) is 10.0. The molecule has 1 atom stereocenters. The Morgan fingerprint density at radius 1 is 1.17 bits per heavy atom. The van der Waals surface area contributed by atoms with Crippen LogP contribution in [0.25, 0.3) is 0 Å². The minimum Gasteiger partial charge on any atom is -0.399 e. The second-order valence-corrected chi connectivity index (χ2v) is 8.49. The smallest absolute Gasteiger partial charge is 0.344 e. The van der Waals surface area contributed by atoms with E-state index in [0.717, 1.165) is 0 Å². The van der Waals surface area contributed by atoms with Crippen LogP contribution < -0.4 is 5.73 Å². The van der Waals surface area contributed by atoms with Gasteiger partial charge in [-0.15, -0.1) is 0 Å². The average molecular weight is 293 g/mol. The Bertz CT molecular complexity index is 560. The summed E-state index contributed by atoms with van der Waals surface area (Å²) in [5.41, 5.74) is 5.82. The normalized spacial score (nSPS) is 14.7. The molecule has 4 N–H and O–H groups in total. The van der Waals surface area contributed by atoms with Crippen molar-refractivity contribution in [2.75, 3.05) is 5.73 Å². The Hall–Kier alpha value is -0.880. The molecule has 0 amide bonds. The van der Waals surface area contributed by atoms with E-state index >= 15 is 0 Å². The molecule has 0 spiro atoms. The number of sulfone groups is 1. The van der Waals surface area contributed by atoms with E-state index in [2.05, 4.69) is 0 Å². The SMILES string of the molecule is CC(C)C(P(=O)(O)O)S(=O)(=O)c1ccc(N)cc1. The molecular formula is C10H16NO5PS. The van der Waals surface area contributed by atoms with Crippen molar-refractivity contribution in [3.8, 4) is 0 Å². The largest absolute Gasteiger partial charge is 0.399 e. The van der Waals surface area contributed by atoms with Gasteiger partial charge >= 0.3 is 7.60 Å². The molecule has 1 rings (SSSR count). The van der Waals surface area contributed by atoms with Crippen LogP contribution in [-0.4, -0.2) is 23.2 Å². The number of anilines is 1. The van der Waals surface area contributed by atoms with Gasteiger partial charge in [-0.25, -0.2) is 8.42 Å². The van der Waals surface area contributed by atoms with E-state index in [0.29, 0.717) is 5.69 Å². The van der Waals surface area contributed by atoms with Gasteiger partial charge in [0.25, 0.3) is 0 Å². The van der Waals surface area contributed by atoms with E-state index in [9.17, 15) is 22.8 Å². The molecule has 0 fully saturated rings. The Morgan fingerprint density at radius 3 is 1.94 bits per heavy atom. The molecule has 0 saturated carbocycles. The topological polar surface area (TPSA) is 118 Å². The van der Waals surface area contributed by atoms with Crippen molar-refractivity contribution in [3.05, 3.63) is 24.3 Å². The molecule has 0 aliphatic rings. The Morgan fingerprint density at radius 2 is 1.61 bits per heavy atom. The molecule has 0 aliphatic heterocycles. The third-order valence-electron chi connectivity index (χ3n) is 2.43. The first-order chi connectivity index (χ1) is 8.06. The van der Waals surface area contributed by atoms with Crippen molar-refractivity contribution in [1.82, 2.24) is 0 Å². The fraction of sp³-hybridized carbons (Fsp3) is 0.400. The molecule has 1 aromatic carbocycles. The third-order valence-corrected chi connectivity index (χ3v) is 7.45. The van der Waals surface area contributed by atoms with E-state index in [1.165, 1.54) is 38.1 Å². The molecule has 8 heteroatoms. The molecule has 1 unspecified atom stereocenters. The van der Waals surface area contributed by atoms with Gasteiger partial charge in [-0.3, -0.25) is 4.57 Å². The lowest BCUT2D eigenvalue weighted by Crippen LogP contribution is -2.27. The number of nitrogens with two attached hydrogens (primary N) is 1. The number of benzene rings is 1. The van der Waals surface area contributed by atoms with Crippen LogP contribution in [0, 0.1) is 5.92 Å². The van der Waals surface area contributed by atoms with Gasteiger partial charge in [0.05, 0.1) is 4.90 Å². The minimum absolute atomic E-state index is 0.140. The lowest BCUT2D eigenvalue weighted by atomic mass is 10.3. The highest BCUT2D eigenvalue weighted by Gasteiger charge is 2.43. The maximum atomic E-state index is 12.2. The van der Waals surface area contributed by atoms with Gasteiger partial charge in [-0.1, -0.05) is 13.8 Å². The number of hydrogen-bond acceptors (Lipinski definition) is 4. The summed E-state index contributed by atoms with van der Waals surface area (Å²) in [5.74, 6) is -0.701. The maximum Gasteiger partial charge on any atom is 0.344 e. The van der Waals surface area contributed by atoms with Crippen molar-refractivity contribution in [2.45, 2.75) is 23.7 Å². The van der Waals surface area contributed by atoms with Crippen LogP contribution in [0.15, 0.2) is 29.2 Å². The Balaban J connectivity index is 3.35. The molecule has 0 aromatic heterocycles. The molecule has 0 radical (unpaired) electrons. The van der Waals surface area contributed by atoms with Crippen LogP contribution in [0.2, 0.25) is 0 Å². The Kier molecular flexibility index (Phi) is 4.23. The maximum absolute atomic E-state index is 12.2. The molecule has 0 heterocycles. The first kappa shape index (κ1) is 15.2. The highest BCUT2D eigenvalue weighted by atomic mass is 32.2. The molecule has 0 saturated heterocycles. The van der Waals surface area contributed by atoms with E-state index in [-0.39, 0.29) is 4.90 Å². The Labute approximate surface area is 106 Å². The van der Waals surface area contributed by atoms with Crippen molar-refractivity contribution < 1.29 is 22.8 Å². The second kappa shape index (κ2) is 5.01. The van der Waals surface area contributed by atoms with Crippen molar-refractivity contribution in [3.63, 3.8) is 0 Å². The van der Waals surface area contributed by atoms with Crippen LogP contribution in [0.3, 0.4) is 0 Å². The summed E-state index contributed by atoms with van der Waals surface area (Å²) < 4.78 is 35.7. The summed E-state index contributed by atoms with van der Waals surface area (Å²) in [4.78, 5) is 16.5. The second-order valence-electron chi connectivity index (χ2n) is 4.34. The quantitative estimate of drug-likeness (QED) is 0.567. The zero-order chi connectivity index (χ0) is 14.1. The fourth-order valence-corrected chi connectivity index (χ4v) is 5.82. The van der Waals surface area contributed by atoms with Crippen LogP contribution in [0.1, 0.15) is 13.8 Å². The predicted molar refractivity (Wildman–Crippen MR) is 68.7 cm³/mol. The van der Waals surface area contributed by atoms with Crippen molar-refractivity contribution >= 4 is 23.1 Å². The van der Waals surface area contributed by atoms with Crippen LogP contribution in [0.4, 0.5) is 5.69 Å². The lowest BCUT2D eigenvalue weighted by molar-refractivity contribution is 0.358. The number of rotatable bonds is 4. The van der Waals surface area contributed by atoms with E-state index in [1.807, 2.05) is 0 Å². The first-order valence-electron chi connectivity index (χ1n) is 5.21. The first-order valence-corrected chi connectivity index (χ1v) is 8.44. The summed E-state index contributed by atoms with van der Waals surface area (Å²) in [7, 11) is -8.84. The van der Waals surface area contributed by atoms with Gasteiger partial charge in [-0.2, -0.15) is 0 Å². The molecular weight excluding hydrogens is 277 g/mol. The molecule has 6 nitrogen and oxygen atoms in total. The summed E-state index contributed by atoms with van der Waals surface area (Å²) in [6, 6.07) is 5.25. The predicted octanol–water partition coefficient (Wildman–Crippen LogP) is 1.20. The third kappa shape index (κ3) is 3.11. The molecule has 0 aliphatic carbocycles. The molecule has 18 heavy (non-hydrogen) atoms. The number of nitrogen functional groups attached to an aromatic ring is 1. The monoisotopic (exact) mass is 293 g/mol. The van der Waals surface area contributed by atoms with Crippen LogP contribution >= 0.6 is 7.60 Å². The van der Waals surface area contributed by atoms with Crippen molar-refractivity contribution in [2.24, 2.45) is 5.92 Å². The molecule has 0 bridgehead atoms. The summed E-state index contributed by atoms with van der Waals surface area (Å²) >= 11 is 0. The number of hydrogen-bond donors (Lipinski definition) is 3. The van der Waals surface area contributed by atoms with Gasteiger partial charge in [0.15, 0.2) is 14.8 Å². The summed E-state index contributed by atoms with van der Waals surface area (Å²) in [5, 5.41) is 0. The highest BCUT2D eigenvalue weighted by molar-refractivity contribution is 7.98. The summed E-state index contributed by atoms with van der Waals surface area (Å²) in [6.07, 6.45) is 0. The average Bonchev–Trinajstić information content (AvgIpc) is 2.14. The van der Waals surface area contributed by atoms with E-state index < -0.39 is 28.3 Å². The van der Waals surface area contributed by atoms with Crippen LogP contribution in [0.5, 0.6) is 0 Å². The van der Waals surface area contributed by atoms with Gasteiger partial charge < -0.3 is 15.5 Å². The fourth-order valence-electron chi connectivity index (χ4n) is 1.72. The van der Waals surface area contributed by atoms with Gasteiger partial charge in [-0.05, 0) is 30.2 Å². The van der Waals surface area contributed by atoms with Gasteiger partial charge in [0.1, 0.15) is 0 Å². The van der Waals surface area contributed by atoms with Crippen LogP contribution in [-0.2, 0) is 14.4 Å². The van der Waals surface area contributed by atoms with E-state index in [1.54, 1.807) is 0 Å². The molecule has 102 valence electrons.